The van der Waals surface area contributed by atoms with Gasteiger partial charge in [0, 0.05) is 51.2 Å². The molecule has 0 bridgehead atoms. The zero-order valence-electron chi connectivity index (χ0n) is 15.8. The summed E-state index contributed by atoms with van der Waals surface area (Å²) in [6.07, 6.45) is 10.6. The molecule has 1 saturated carbocycles. The summed E-state index contributed by atoms with van der Waals surface area (Å²) in [6.45, 7) is 4.76. The number of aromatic nitrogens is 2. The molecule has 2 fully saturated rings. The molecule has 2 heterocycles. The van der Waals surface area contributed by atoms with Crippen molar-refractivity contribution in [3.63, 3.8) is 0 Å². The van der Waals surface area contributed by atoms with Gasteiger partial charge in [0.1, 0.15) is 0 Å². The second-order valence-corrected chi connectivity index (χ2v) is 8.12. The number of nitrogens with zero attached hydrogens (tertiary/aromatic N) is 4. The first kappa shape index (κ1) is 18.1. The number of nitrogens with one attached hydrogen (secondary N) is 1. The number of carbonyl (C=O) groups excluding carboxylic acids is 1. The monoisotopic (exact) mass is 345 g/mol. The Morgan fingerprint density at radius 3 is 2.60 bits per heavy atom. The predicted molar refractivity (Wildman–Crippen MR) is 99.4 cm³/mol. The minimum Gasteiger partial charge on any atom is -0.353 e. The highest BCUT2D eigenvalue weighted by atomic mass is 16.2. The molecule has 138 valence electrons. The maximum Gasteiger partial charge on any atom is 0.227 e. The standard InChI is InChI=1S/C19H31N5O/c1-19(17(25)22-16-7-4-5-8-16)9-6-10-24(14-19)13-15-11-20-18(21-12-15)23(2)3/h11-12,16H,4-10,13-14H2,1-3H3,(H,22,25)/t19-/m0/s1. The smallest absolute Gasteiger partial charge is 0.227 e. The Kier molecular flexibility index (Phi) is 5.57. The van der Waals surface area contributed by atoms with Gasteiger partial charge in [-0.3, -0.25) is 9.69 Å². The third-order valence-corrected chi connectivity index (χ3v) is 5.51. The van der Waals surface area contributed by atoms with Crippen molar-refractivity contribution in [2.24, 2.45) is 5.41 Å². The topological polar surface area (TPSA) is 61.4 Å². The molecular weight excluding hydrogens is 314 g/mol. The number of hydrogen-bond acceptors (Lipinski definition) is 5. The lowest BCUT2D eigenvalue weighted by Gasteiger charge is -2.39. The molecule has 1 aromatic heterocycles. The third kappa shape index (κ3) is 4.48. The first-order valence-electron chi connectivity index (χ1n) is 9.48. The lowest BCUT2D eigenvalue weighted by Crippen LogP contribution is -2.51. The number of carbonyl (C=O) groups is 1. The van der Waals surface area contributed by atoms with Crippen LogP contribution >= 0.6 is 0 Å². The number of piperidine rings is 1. The normalized spacial score (nSPS) is 25.1. The molecule has 3 rings (SSSR count). The van der Waals surface area contributed by atoms with Crippen molar-refractivity contribution in [1.29, 1.82) is 0 Å². The van der Waals surface area contributed by atoms with Crippen LogP contribution in [-0.4, -0.2) is 54.0 Å². The largest absolute Gasteiger partial charge is 0.353 e. The molecule has 0 radical (unpaired) electrons. The van der Waals surface area contributed by atoms with E-state index in [9.17, 15) is 4.79 Å². The number of amides is 1. The predicted octanol–water partition coefficient (Wildman–Crippen LogP) is 2.20. The molecule has 1 atom stereocenters. The van der Waals surface area contributed by atoms with E-state index in [1.807, 2.05) is 31.4 Å². The summed E-state index contributed by atoms with van der Waals surface area (Å²) in [5.74, 6) is 0.964. The van der Waals surface area contributed by atoms with E-state index >= 15 is 0 Å². The van der Waals surface area contributed by atoms with Gasteiger partial charge in [-0.25, -0.2) is 9.97 Å². The first-order chi connectivity index (χ1) is 12.0. The van der Waals surface area contributed by atoms with E-state index in [2.05, 4.69) is 27.1 Å². The summed E-state index contributed by atoms with van der Waals surface area (Å²) in [5, 5.41) is 3.30. The molecule has 6 heteroatoms. The Hall–Kier alpha value is -1.69. The van der Waals surface area contributed by atoms with E-state index in [0.717, 1.165) is 56.8 Å². The summed E-state index contributed by atoms with van der Waals surface area (Å²) >= 11 is 0. The van der Waals surface area contributed by atoms with Gasteiger partial charge in [-0.05, 0) is 39.2 Å². The molecule has 1 aliphatic carbocycles. The highest BCUT2D eigenvalue weighted by molar-refractivity contribution is 5.82. The Bertz CT molecular complexity index is 582. The summed E-state index contributed by atoms with van der Waals surface area (Å²) in [4.78, 5) is 25.9. The zero-order chi connectivity index (χ0) is 17.9. The van der Waals surface area contributed by atoms with E-state index in [1.54, 1.807) is 0 Å². The fourth-order valence-corrected chi connectivity index (χ4v) is 4.01. The molecule has 1 aliphatic heterocycles. The van der Waals surface area contributed by atoms with E-state index in [-0.39, 0.29) is 11.3 Å². The summed E-state index contributed by atoms with van der Waals surface area (Å²) < 4.78 is 0. The molecule has 25 heavy (non-hydrogen) atoms. The van der Waals surface area contributed by atoms with Gasteiger partial charge in [-0.15, -0.1) is 0 Å². The molecule has 2 aliphatic rings. The molecular formula is C19H31N5O. The van der Waals surface area contributed by atoms with Gasteiger partial charge in [0.15, 0.2) is 0 Å². The fourth-order valence-electron chi connectivity index (χ4n) is 4.01. The highest BCUT2D eigenvalue weighted by Gasteiger charge is 2.38. The Labute approximate surface area is 151 Å². The number of rotatable bonds is 5. The first-order valence-corrected chi connectivity index (χ1v) is 9.48. The van der Waals surface area contributed by atoms with Crippen molar-refractivity contribution in [2.75, 3.05) is 32.1 Å². The van der Waals surface area contributed by atoms with Crippen LogP contribution in [0.4, 0.5) is 5.95 Å². The van der Waals surface area contributed by atoms with Crippen molar-refractivity contribution in [2.45, 2.75) is 58.0 Å². The van der Waals surface area contributed by atoms with Crippen LogP contribution < -0.4 is 10.2 Å². The van der Waals surface area contributed by atoms with Gasteiger partial charge in [-0.1, -0.05) is 12.8 Å². The average Bonchev–Trinajstić information content (AvgIpc) is 3.08. The Morgan fingerprint density at radius 1 is 1.28 bits per heavy atom. The number of hydrogen-bond donors (Lipinski definition) is 1. The van der Waals surface area contributed by atoms with Crippen molar-refractivity contribution in [1.82, 2.24) is 20.2 Å². The number of anilines is 1. The van der Waals surface area contributed by atoms with E-state index in [0.29, 0.717) is 6.04 Å². The molecule has 1 aromatic rings. The van der Waals surface area contributed by atoms with Gasteiger partial charge in [0.25, 0.3) is 0 Å². The summed E-state index contributed by atoms with van der Waals surface area (Å²) in [7, 11) is 3.88. The van der Waals surface area contributed by atoms with Crippen LogP contribution in [0.5, 0.6) is 0 Å². The van der Waals surface area contributed by atoms with Crippen LogP contribution in [0.3, 0.4) is 0 Å². The maximum absolute atomic E-state index is 12.8. The SMILES string of the molecule is CN(C)c1ncc(CN2CCC[C@](C)(C(=O)NC3CCCC3)C2)cn1. The highest BCUT2D eigenvalue weighted by Crippen LogP contribution is 2.31. The maximum atomic E-state index is 12.8. The summed E-state index contributed by atoms with van der Waals surface area (Å²) in [5.41, 5.74) is 0.816. The number of likely N-dealkylation sites (tertiary alicyclic amines) is 1. The summed E-state index contributed by atoms with van der Waals surface area (Å²) in [6, 6.07) is 0.395. The molecule has 1 saturated heterocycles. The van der Waals surface area contributed by atoms with Gasteiger partial charge >= 0.3 is 0 Å². The van der Waals surface area contributed by atoms with Gasteiger partial charge < -0.3 is 10.2 Å². The van der Waals surface area contributed by atoms with E-state index < -0.39 is 0 Å². The third-order valence-electron chi connectivity index (χ3n) is 5.51. The lowest BCUT2D eigenvalue weighted by molar-refractivity contribution is -0.134. The van der Waals surface area contributed by atoms with Crippen LogP contribution in [0.25, 0.3) is 0 Å². The minimum absolute atomic E-state index is 0.239. The Balaban J connectivity index is 1.58. The zero-order valence-corrected chi connectivity index (χ0v) is 15.8. The Morgan fingerprint density at radius 2 is 1.96 bits per heavy atom. The molecule has 0 unspecified atom stereocenters. The molecule has 0 aromatic carbocycles. The van der Waals surface area contributed by atoms with Crippen LogP contribution in [0.1, 0.15) is 51.0 Å². The van der Waals surface area contributed by atoms with E-state index in [1.165, 1.54) is 12.8 Å². The quantitative estimate of drug-likeness (QED) is 0.886. The lowest BCUT2D eigenvalue weighted by atomic mass is 9.80. The van der Waals surface area contributed by atoms with Crippen molar-refractivity contribution >= 4 is 11.9 Å². The van der Waals surface area contributed by atoms with Crippen LogP contribution in [0, 0.1) is 5.41 Å². The molecule has 6 nitrogen and oxygen atoms in total. The van der Waals surface area contributed by atoms with Crippen molar-refractivity contribution in [3.05, 3.63) is 18.0 Å². The second kappa shape index (κ2) is 7.68. The molecule has 0 spiro atoms. The van der Waals surface area contributed by atoms with Gasteiger partial charge in [-0.2, -0.15) is 0 Å². The van der Waals surface area contributed by atoms with E-state index in [4.69, 9.17) is 0 Å². The minimum atomic E-state index is -0.286. The van der Waals surface area contributed by atoms with Crippen molar-refractivity contribution < 1.29 is 4.79 Å². The average molecular weight is 345 g/mol. The fraction of sp³-hybridized carbons (Fsp3) is 0.737. The molecule has 1 amide bonds. The van der Waals surface area contributed by atoms with Gasteiger partial charge in [0.2, 0.25) is 11.9 Å². The van der Waals surface area contributed by atoms with Crippen molar-refractivity contribution in [3.8, 4) is 0 Å². The van der Waals surface area contributed by atoms with Crippen LogP contribution in [0.2, 0.25) is 0 Å². The van der Waals surface area contributed by atoms with Crippen LogP contribution in [-0.2, 0) is 11.3 Å². The van der Waals surface area contributed by atoms with Crippen LogP contribution in [0.15, 0.2) is 12.4 Å². The second-order valence-electron chi connectivity index (χ2n) is 8.12. The molecule has 1 N–H and O–H groups in total. The van der Waals surface area contributed by atoms with Gasteiger partial charge in [0.05, 0.1) is 5.41 Å².